The van der Waals surface area contributed by atoms with Crippen LogP contribution in [0.3, 0.4) is 0 Å². The first-order valence-corrected chi connectivity index (χ1v) is 10.5. The first kappa shape index (κ1) is 20.0. The number of H-pyrrole nitrogens is 1. The van der Waals surface area contributed by atoms with E-state index in [9.17, 15) is 9.59 Å². The van der Waals surface area contributed by atoms with Gasteiger partial charge in [-0.3, -0.25) is 9.59 Å². The minimum absolute atomic E-state index is 0.323. The molecular weight excluding hydrogens is 424 g/mol. The summed E-state index contributed by atoms with van der Waals surface area (Å²) in [7, 11) is 1.69. The Balaban J connectivity index is 1.55. The van der Waals surface area contributed by atoms with Gasteiger partial charge in [0.2, 0.25) is 6.17 Å². The van der Waals surface area contributed by atoms with Crippen LogP contribution in [0.4, 0.5) is 5.69 Å². The lowest BCUT2D eigenvalue weighted by atomic mass is 10.0. The van der Waals surface area contributed by atoms with Crippen LogP contribution < -0.4 is 10.2 Å². The topological polar surface area (TPSA) is 77.6 Å². The van der Waals surface area contributed by atoms with E-state index < -0.39 is 12.1 Å². The van der Waals surface area contributed by atoms with Crippen LogP contribution in [0.25, 0.3) is 10.9 Å². The number of hydrogen-bond donors (Lipinski definition) is 2. The molecule has 2 heterocycles. The molecule has 0 bridgehead atoms. The van der Waals surface area contributed by atoms with Gasteiger partial charge in [-0.2, -0.15) is 0 Å². The lowest BCUT2D eigenvalue weighted by molar-refractivity contribution is -0.119. The molecule has 2 N–H and O–H groups in total. The van der Waals surface area contributed by atoms with Gasteiger partial charge in [0.25, 0.3) is 11.8 Å². The average molecular weight is 443 g/mol. The van der Waals surface area contributed by atoms with Crippen molar-refractivity contribution in [2.24, 2.45) is 4.99 Å². The number of para-hydroxylation sites is 1. The number of aromatic amines is 1. The van der Waals surface area contributed by atoms with Crippen LogP contribution in [0.15, 0.2) is 83.9 Å². The molecule has 0 unspecified atom stereocenters. The second-order valence-electron chi connectivity index (χ2n) is 7.55. The summed E-state index contributed by atoms with van der Waals surface area (Å²) in [5.74, 6) is -0.748. The first-order valence-electron chi connectivity index (χ1n) is 10.1. The van der Waals surface area contributed by atoms with Gasteiger partial charge >= 0.3 is 0 Å². The van der Waals surface area contributed by atoms with E-state index in [1.54, 1.807) is 31.3 Å². The molecule has 158 valence electrons. The molecule has 5 rings (SSSR count). The third-order valence-electron chi connectivity index (χ3n) is 5.49. The fraction of sp³-hybridized carbons (Fsp3) is 0.0800. The van der Waals surface area contributed by atoms with Crippen molar-refractivity contribution in [3.63, 3.8) is 0 Å². The second kappa shape index (κ2) is 7.98. The van der Waals surface area contributed by atoms with E-state index in [-0.39, 0.29) is 5.91 Å². The van der Waals surface area contributed by atoms with Crippen molar-refractivity contribution >= 4 is 45.7 Å². The van der Waals surface area contributed by atoms with Gasteiger partial charge in [0, 0.05) is 34.1 Å². The molecule has 1 atom stereocenters. The molecule has 1 aliphatic heterocycles. The summed E-state index contributed by atoms with van der Waals surface area (Å²) in [4.78, 5) is 35.6. The van der Waals surface area contributed by atoms with Crippen molar-refractivity contribution in [2.45, 2.75) is 6.17 Å². The van der Waals surface area contributed by atoms with Crippen molar-refractivity contribution in [3.05, 3.63) is 101 Å². The lowest BCUT2D eigenvalue weighted by Crippen LogP contribution is -2.46. The number of anilines is 1. The fourth-order valence-corrected chi connectivity index (χ4v) is 4.05. The Morgan fingerprint density at radius 3 is 2.59 bits per heavy atom. The number of carbonyl (C=O) groups is 2. The molecule has 32 heavy (non-hydrogen) atoms. The van der Waals surface area contributed by atoms with Crippen LogP contribution in [0.1, 0.15) is 21.6 Å². The highest BCUT2D eigenvalue weighted by molar-refractivity contribution is 6.31. The summed E-state index contributed by atoms with van der Waals surface area (Å²) >= 11 is 6.05. The fourth-order valence-electron chi connectivity index (χ4n) is 3.87. The number of aromatic nitrogens is 1. The van der Waals surface area contributed by atoms with Gasteiger partial charge in [0.1, 0.15) is 5.69 Å². The number of benzene rings is 3. The zero-order chi connectivity index (χ0) is 22.2. The van der Waals surface area contributed by atoms with Crippen LogP contribution in [-0.2, 0) is 4.79 Å². The van der Waals surface area contributed by atoms with E-state index in [0.29, 0.717) is 16.4 Å². The minimum Gasteiger partial charge on any atom is -0.351 e. The van der Waals surface area contributed by atoms with Gasteiger partial charge in [-0.05, 0) is 30.3 Å². The Hall–Kier alpha value is -3.90. The van der Waals surface area contributed by atoms with Gasteiger partial charge < -0.3 is 15.2 Å². The zero-order valence-electron chi connectivity index (χ0n) is 17.2. The summed E-state index contributed by atoms with van der Waals surface area (Å²) in [5, 5.41) is 4.18. The first-order chi connectivity index (χ1) is 15.5. The zero-order valence-corrected chi connectivity index (χ0v) is 17.9. The average Bonchev–Trinajstić information content (AvgIpc) is 3.21. The molecule has 0 saturated carbocycles. The Bertz CT molecular complexity index is 1380. The molecule has 1 aromatic heterocycles. The molecular formula is C25H19ClN4O2. The smallest absolute Gasteiger partial charge is 0.272 e. The monoisotopic (exact) mass is 442 g/mol. The Morgan fingerprint density at radius 2 is 1.78 bits per heavy atom. The number of carbonyl (C=O) groups excluding carboxylic acids is 2. The van der Waals surface area contributed by atoms with Gasteiger partial charge in [-0.15, -0.1) is 0 Å². The number of fused-ring (bicyclic) bond motifs is 2. The molecule has 0 spiro atoms. The van der Waals surface area contributed by atoms with Gasteiger partial charge in [0.15, 0.2) is 0 Å². The molecule has 2 amide bonds. The molecule has 0 aliphatic carbocycles. The number of nitrogens with one attached hydrogen (secondary N) is 2. The molecule has 7 heteroatoms. The molecule has 4 aromatic rings. The largest absolute Gasteiger partial charge is 0.351 e. The van der Waals surface area contributed by atoms with Crippen LogP contribution >= 0.6 is 11.6 Å². The third kappa shape index (κ3) is 3.55. The predicted molar refractivity (Wildman–Crippen MR) is 126 cm³/mol. The number of rotatable bonds is 3. The van der Waals surface area contributed by atoms with Gasteiger partial charge in [-0.25, -0.2) is 4.99 Å². The van der Waals surface area contributed by atoms with Crippen molar-refractivity contribution in [1.82, 2.24) is 10.3 Å². The number of nitrogens with zero attached hydrogens (tertiary/aromatic N) is 2. The van der Waals surface area contributed by atoms with Crippen molar-refractivity contribution in [1.29, 1.82) is 0 Å². The van der Waals surface area contributed by atoms with Crippen LogP contribution in [0.5, 0.6) is 0 Å². The molecule has 0 fully saturated rings. The van der Waals surface area contributed by atoms with E-state index in [0.717, 1.165) is 27.7 Å². The molecule has 1 aliphatic rings. The number of amides is 2. The van der Waals surface area contributed by atoms with Crippen LogP contribution in [0, 0.1) is 0 Å². The number of benzodiazepines with no additional fused rings is 1. The van der Waals surface area contributed by atoms with Crippen LogP contribution in [0.2, 0.25) is 5.02 Å². The Morgan fingerprint density at radius 1 is 1.03 bits per heavy atom. The van der Waals surface area contributed by atoms with E-state index in [1.165, 1.54) is 4.90 Å². The quantitative estimate of drug-likeness (QED) is 0.493. The summed E-state index contributed by atoms with van der Waals surface area (Å²) in [6, 6.07) is 24.2. The highest BCUT2D eigenvalue weighted by atomic mass is 35.5. The van der Waals surface area contributed by atoms with Gasteiger partial charge in [-0.1, -0.05) is 60.1 Å². The van der Waals surface area contributed by atoms with E-state index >= 15 is 0 Å². The summed E-state index contributed by atoms with van der Waals surface area (Å²) < 4.78 is 0. The summed E-state index contributed by atoms with van der Waals surface area (Å²) in [6.07, 6.45) is -1.08. The maximum atomic E-state index is 13.2. The van der Waals surface area contributed by atoms with Gasteiger partial charge in [0.05, 0.1) is 11.4 Å². The maximum absolute atomic E-state index is 13.2. The van der Waals surface area contributed by atoms with E-state index in [2.05, 4.69) is 10.3 Å². The van der Waals surface area contributed by atoms with E-state index in [1.807, 2.05) is 54.6 Å². The number of hydrogen-bond acceptors (Lipinski definition) is 3. The molecule has 6 nitrogen and oxygen atoms in total. The highest BCUT2D eigenvalue weighted by Gasteiger charge is 2.31. The highest BCUT2D eigenvalue weighted by Crippen LogP contribution is 2.27. The summed E-state index contributed by atoms with van der Waals surface area (Å²) in [5.41, 5.74) is 4.18. The van der Waals surface area contributed by atoms with E-state index in [4.69, 9.17) is 16.6 Å². The standard InChI is InChI=1S/C25H19ClN4O2/c1-30-21-10-6-5-9-18(21)22(15-7-3-2-4-8-15)28-23(25(30)32)29-24(31)20-14-16-13-17(26)11-12-19(16)27-20/h2-14,23,27H,1H3,(H,29,31)/t23-/m0/s1. The third-order valence-corrected chi connectivity index (χ3v) is 5.72. The van der Waals surface area contributed by atoms with Crippen molar-refractivity contribution in [3.8, 4) is 0 Å². The van der Waals surface area contributed by atoms with Crippen molar-refractivity contribution < 1.29 is 9.59 Å². The molecule has 0 saturated heterocycles. The number of likely N-dealkylation sites (N-methyl/N-ethyl adjacent to an activating group) is 1. The Kier molecular flexibility index (Phi) is 4.99. The second-order valence-corrected chi connectivity index (χ2v) is 7.99. The maximum Gasteiger partial charge on any atom is 0.272 e. The normalized spacial score (nSPS) is 15.8. The lowest BCUT2D eigenvalue weighted by Gasteiger charge is -2.20. The number of halogens is 1. The minimum atomic E-state index is -1.08. The predicted octanol–water partition coefficient (Wildman–Crippen LogP) is 4.39. The molecule has 0 radical (unpaired) electrons. The Labute approximate surface area is 189 Å². The summed E-state index contributed by atoms with van der Waals surface area (Å²) in [6.45, 7) is 0. The van der Waals surface area contributed by atoms with Crippen LogP contribution in [-0.4, -0.2) is 35.7 Å². The number of aliphatic imine (C=N–C) groups is 1. The molecule has 3 aromatic carbocycles. The van der Waals surface area contributed by atoms with Crippen molar-refractivity contribution in [2.75, 3.05) is 11.9 Å². The SMILES string of the molecule is CN1C(=O)[C@H](NC(=O)c2cc3cc(Cl)ccc3[nH]2)N=C(c2ccccc2)c2ccccc21.